The zero-order valence-corrected chi connectivity index (χ0v) is 11.1. The Morgan fingerprint density at radius 3 is 2.79 bits per heavy atom. The van der Waals surface area contributed by atoms with Gasteiger partial charge >= 0.3 is 14.6 Å². The van der Waals surface area contributed by atoms with Crippen LogP contribution in [-0.2, 0) is 15.5 Å². The minimum atomic E-state index is -5.00. The van der Waals surface area contributed by atoms with Gasteiger partial charge in [0.15, 0.2) is 0 Å². The number of aromatic nitrogens is 3. The molecule has 4 N–H and O–H groups in total. The summed E-state index contributed by atoms with van der Waals surface area (Å²) in [4.78, 5) is 17.1. The van der Waals surface area contributed by atoms with E-state index in [4.69, 9.17) is 9.79 Å². The summed E-state index contributed by atoms with van der Waals surface area (Å²) in [7, 11) is -5.00. The van der Waals surface area contributed by atoms with Crippen molar-refractivity contribution in [1.29, 1.82) is 0 Å². The lowest BCUT2D eigenvalue weighted by atomic mass is 9.81. The summed E-state index contributed by atoms with van der Waals surface area (Å²) < 4.78 is 15.5. The number of hydrogen-bond donors (Lipinski definition) is 4. The Labute approximate surface area is 111 Å². The summed E-state index contributed by atoms with van der Waals surface area (Å²) in [5.41, 5.74) is 1.31. The first-order valence-electron chi connectivity index (χ1n) is 5.04. The van der Waals surface area contributed by atoms with Gasteiger partial charge in [0.25, 0.3) is 0 Å². The van der Waals surface area contributed by atoms with Crippen molar-refractivity contribution >= 4 is 25.9 Å². The monoisotopic (exact) mass is 306 g/mol. The molecule has 0 aromatic carbocycles. The highest BCUT2D eigenvalue weighted by Crippen LogP contribution is 2.38. The smallest absolute Gasteiger partial charge is 0.430 e. The number of phosphoric acid groups is 1. The van der Waals surface area contributed by atoms with E-state index in [1.807, 2.05) is 10.8 Å². The number of hydrogen-bond acceptors (Lipinski definition) is 7. The first-order valence-corrected chi connectivity index (χ1v) is 7.52. The van der Waals surface area contributed by atoms with Crippen molar-refractivity contribution in [3.63, 3.8) is 0 Å². The van der Waals surface area contributed by atoms with Gasteiger partial charge in [-0.1, -0.05) is 5.21 Å². The second-order valence-electron chi connectivity index (χ2n) is 3.79. The van der Waals surface area contributed by atoms with Gasteiger partial charge in [-0.15, -0.1) is 5.10 Å². The summed E-state index contributed by atoms with van der Waals surface area (Å²) in [6.45, 7) is -3.72. The van der Waals surface area contributed by atoms with Crippen LogP contribution in [0, 0.1) is 0 Å². The van der Waals surface area contributed by atoms with Gasteiger partial charge in [-0.05, 0) is 11.4 Å². The molecule has 0 atom stereocenters. The van der Waals surface area contributed by atoms with Gasteiger partial charge in [0.2, 0.25) is 0 Å². The lowest BCUT2D eigenvalue weighted by molar-refractivity contribution is 0.180. The molecule has 0 aliphatic heterocycles. The van der Waals surface area contributed by atoms with Crippen molar-refractivity contribution in [2.75, 3.05) is 0 Å². The van der Waals surface area contributed by atoms with Crippen molar-refractivity contribution in [1.82, 2.24) is 15.0 Å². The van der Waals surface area contributed by atoms with E-state index in [0.29, 0.717) is 5.69 Å². The third-order valence-electron chi connectivity index (χ3n) is 2.09. The molecule has 0 amide bonds. The highest BCUT2D eigenvalue weighted by molar-refractivity contribution is 7.48. The molecule has 2 aromatic rings. The molecule has 0 bridgehead atoms. The van der Waals surface area contributed by atoms with Gasteiger partial charge in [0.05, 0.1) is 0 Å². The Kier molecular flexibility index (Phi) is 3.88. The molecule has 0 saturated carbocycles. The highest BCUT2D eigenvalue weighted by Gasteiger charge is 2.30. The molecular weight excluding hydrogens is 296 g/mol. The number of nitrogens with zero attached hydrogens (tertiary/aromatic N) is 3. The fourth-order valence-electron chi connectivity index (χ4n) is 1.43. The van der Waals surface area contributed by atoms with Crippen molar-refractivity contribution < 1.29 is 28.8 Å². The molecule has 0 fully saturated rings. The summed E-state index contributed by atoms with van der Waals surface area (Å²) in [5, 5.41) is 29.8. The van der Waals surface area contributed by atoms with E-state index in [9.17, 15) is 14.6 Å². The molecule has 9 nitrogen and oxygen atoms in total. The van der Waals surface area contributed by atoms with Gasteiger partial charge in [-0.25, -0.2) is 4.57 Å². The highest BCUT2D eigenvalue weighted by atomic mass is 32.1. The molecule has 104 valence electrons. The molecule has 0 aliphatic carbocycles. The molecule has 0 saturated heterocycles. The topological polar surface area (TPSA) is 138 Å². The van der Waals surface area contributed by atoms with E-state index in [-0.39, 0.29) is 0 Å². The fourth-order valence-corrected chi connectivity index (χ4v) is 2.58. The molecular formula is C7H10BN3O6PS-. The molecule has 0 spiro atoms. The van der Waals surface area contributed by atoms with Gasteiger partial charge in [0, 0.05) is 23.6 Å². The molecule has 0 unspecified atom stereocenters. The third kappa shape index (κ3) is 4.22. The Bertz CT molecular complexity index is 596. The predicted octanol–water partition coefficient (Wildman–Crippen LogP) is -0.421. The predicted molar refractivity (Wildman–Crippen MR) is 66.7 cm³/mol. The van der Waals surface area contributed by atoms with E-state index in [2.05, 4.69) is 14.8 Å². The minimum absolute atomic E-state index is 0.504. The van der Waals surface area contributed by atoms with Crippen molar-refractivity contribution in [2.24, 2.45) is 0 Å². The van der Waals surface area contributed by atoms with E-state index >= 15 is 0 Å². The zero-order valence-electron chi connectivity index (χ0n) is 9.40. The van der Waals surface area contributed by atoms with Crippen LogP contribution >= 0.6 is 19.2 Å². The molecule has 0 radical (unpaired) electrons. The number of thiophene rings is 1. The molecule has 2 heterocycles. The summed E-state index contributed by atoms with van der Waals surface area (Å²) in [6, 6.07) is 1.81. The quantitative estimate of drug-likeness (QED) is 0.431. The van der Waals surface area contributed by atoms with E-state index in [1.165, 1.54) is 17.5 Å². The molecule has 19 heavy (non-hydrogen) atoms. The van der Waals surface area contributed by atoms with Crippen LogP contribution in [0.3, 0.4) is 0 Å². The Hall–Kier alpha value is -1.07. The van der Waals surface area contributed by atoms with Crippen molar-refractivity contribution in [3.05, 3.63) is 23.0 Å². The van der Waals surface area contributed by atoms with Gasteiger partial charge in [-0.2, -0.15) is 11.3 Å². The zero-order chi connectivity index (χ0) is 14.1. The standard InChI is InChI=1S/C7H10BN3O6PS/c12-8(13,17-18(14,15)16)5-11-3-7(9-10-11)6-1-2-19-4-6/h1-4,12-13H,5H2,(H2,14,15,16)/q-1. The fraction of sp³-hybridized carbons (Fsp3) is 0.143. The maximum Gasteiger partial charge on any atom is 0.430 e. The van der Waals surface area contributed by atoms with Crippen LogP contribution in [0.15, 0.2) is 23.0 Å². The lowest BCUT2D eigenvalue weighted by Gasteiger charge is -2.28. The van der Waals surface area contributed by atoms with E-state index in [0.717, 1.165) is 10.2 Å². The van der Waals surface area contributed by atoms with Gasteiger partial charge in [0.1, 0.15) is 5.69 Å². The van der Waals surface area contributed by atoms with Gasteiger partial charge < -0.3 is 24.3 Å². The molecule has 2 aromatic heterocycles. The lowest BCUT2D eigenvalue weighted by Crippen LogP contribution is -2.43. The van der Waals surface area contributed by atoms with E-state index < -0.39 is 21.0 Å². The van der Waals surface area contributed by atoms with Crippen LogP contribution < -0.4 is 0 Å². The molecule has 12 heteroatoms. The van der Waals surface area contributed by atoms with Crippen LogP contribution in [0.2, 0.25) is 0 Å². The largest absolute Gasteiger partial charge is 0.558 e. The average molecular weight is 306 g/mol. The maximum atomic E-state index is 10.6. The molecule has 2 rings (SSSR count). The SMILES string of the molecule is O=P(O)(O)O[B-](O)(O)Cn1cc(-c2ccsc2)nn1. The first kappa shape index (κ1) is 14.3. The maximum absolute atomic E-state index is 10.6. The Balaban J connectivity index is 2.10. The van der Waals surface area contributed by atoms with Gasteiger partial charge in [-0.3, -0.25) is 4.68 Å². The normalized spacial score (nSPS) is 12.8. The minimum Gasteiger partial charge on any atom is -0.558 e. The number of rotatable bonds is 5. The molecule has 0 aliphatic rings. The summed E-state index contributed by atoms with van der Waals surface area (Å²) in [5.74, 6) is 0. The second kappa shape index (κ2) is 5.14. The van der Waals surface area contributed by atoms with Crippen LogP contribution in [-0.4, -0.2) is 41.6 Å². The van der Waals surface area contributed by atoms with Crippen molar-refractivity contribution in [2.45, 2.75) is 6.44 Å². The Morgan fingerprint density at radius 2 is 2.21 bits per heavy atom. The summed E-state index contributed by atoms with van der Waals surface area (Å²) in [6.07, 6.45) is 0.774. The van der Waals surface area contributed by atoms with E-state index in [1.54, 1.807) is 6.07 Å². The average Bonchev–Trinajstić information content (AvgIpc) is 2.80. The second-order valence-corrected chi connectivity index (χ2v) is 5.76. The van der Waals surface area contributed by atoms with Crippen LogP contribution in [0.25, 0.3) is 11.3 Å². The van der Waals surface area contributed by atoms with Crippen molar-refractivity contribution in [3.8, 4) is 11.3 Å². The Morgan fingerprint density at radius 1 is 1.47 bits per heavy atom. The first-order chi connectivity index (χ1) is 8.75. The van der Waals surface area contributed by atoms with Crippen LogP contribution in [0.5, 0.6) is 0 Å². The van der Waals surface area contributed by atoms with Crippen LogP contribution in [0.1, 0.15) is 0 Å². The third-order valence-corrected chi connectivity index (χ3v) is 3.38. The summed E-state index contributed by atoms with van der Waals surface area (Å²) >= 11 is 1.47. The van der Waals surface area contributed by atoms with Crippen LogP contribution in [0.4, 0.5) is 0 Å².